The highest BCUT2D eigenvalue weighted by Crippen LogP contribution is 2.25. The van der Waals surface area contributed by atoms with Crippen LogP contribution in [0.2, 0.25) is 0 Å². The highest BCUT2D eigenvalue weighted by molar-refractivity contribution is 5.90. The Morgan fingerprint density at radius 3 is 3.04 bits per heavy atom. The van der Waals surface area contributed by atoms with E-state index in [-0.39, 0.29) is 17.8 Å². The van der Waals surface area contributed by atoms with Gasteiger partial charge in [-0.2, -0.15) is 0 Å². The number of aryl methyl sites for hydroxylation is 1. The number of ether oxygens (including phenoxy) is 1. The summed E-state index contributed by atoms with van der Waals surface area (Å²) in [6, 6.07) is 1.99. The number of amides is 1. The molecule has 0 N–H and O–H groups in total. The minimum atomic E-state index is -0.117. The molecule has 4 rings (SSSR count). The van der Waals surface area contributed by atoms with Crippen LogP contribution >= 0.6 is 0 Å². The van der Waals surface area contributed by atoms with E-state index < -0.39 is 0 Å². The molecule has 24 heavy (non-hydrogen) atoms. The van der Waals surface area contributed by atoms with Gasteiger partial charge >= 0.3 is 0 Å². The molecule has 0 aromatic carbocycles. The third-order valence-corrected chi connectivity index (χ3v) is 4.68. The van der Waals surface area contributed by atoms with Gasteiger partial charge in [-0.15, -0.1) is 5.10 Å². The Kier molecular flexibility index (Phi) is 4.07. The zero-order valence-corrected chi connectivity index (χ0v) is 13.7. The second-order valence-corrected chi connectivity index (χ2v) is 6.49. The lowest BCUT2D eigenvalue weighted by molar-refractivity contribution is 0.0480. The third-order valence-electron chi connectivity index (χ3n) is 4.68. The van der Waals surface area contributed by atoms with E-state index in [2.05, 4.69) is 15.0 Å². The Balaban J connectivity index is 1.41. The second kappa shape index (κ2) is 6.37. The molecular weight excluding hydrogens is 310 g/mol. The standard InChI is InChI=1S/C16H21N5O3/c1-19-11-17-15(18-19)16(22)21-8-13-7-20(3-5-24-14(13)9-21)6-12-2-4-23-10-12/h2,4,10-11,13-14H,3,5-9H2,1H3/t13-,14+/m0/s1. The van der Waals surface area contributed by atoms with Crippen molar-refractivity contribution in [2.45, 2.75) is 12.6 Å². The molecule has 2 atom stereocenters. The van der Waals surface area contributed by atoms with Crippen molar-refractivity contribution in [1.29, 1.82) is 0 Å². The van der Waals surface area contributed by atoms with Crippen molar-refractivity contribution >= 4 is 5.91 Å². The molecule has 0 spiro atoms. The lowest BCUT2D eigenvalue weighted by Crippen LogP contribution is -2.34. The number of likely N-dealkylation sites (tertiary alicyclic amines) is 1. The van der Waals surface area contributed by atoms with E-state index in [9.17, 15) is 4.79 Å². The molecule has 2 aromatic rings. The molecule has 128 valence electrons. The lowest BCUT2D eigenvalue weighted by Gasteiger charge is -2.22. The van der Waals surface area contributed by atoms with Crippen molar-refractivity contribution in [3.8, 4) is 0 Å². The molecule has 0 radical (unpaired) electrons. The summed E-state index contributed by atoms with van der Waals surface area (Å²) in [6.07, 6.45) is 5.11. The Morgan fingerprint density at radius 2 is 2.29 bits per heavy atom. The van der Waals surface area contributed by atoms with Gasteiger partial charge in [0, 0.05) is 51.3 Å². The topological polar surface area (TPSA) is 76.6 Å². The van der Waals surface area contributed by atoms with Gasteiger partial charge in [0.1, 0.15) is 6.33 Å². The average Bonchev–Trinajstić information content (AvgIpc) is 3.28. The van der Waals surface area contributed by atoms with E-state index in [1.807, 2.05) is 11.0 Å². The predicted octanol–water partition coefficient (Wildman–Crippen LogP) is 0.381. The van der Waals surface area contributed by atoms with Crippen LogP contribution in [0.5, 0.6) is 0 Å². The van der Waals surface area contributed by atoms with E-state index in [4.69, 9.17) is 9.15 Å². The molecule has 2 aromatic heterocycles. The number of furan rings is 1. The fraction of sp³-hybridized carbons (Fsp3) is 0.562. The van der Waals surface area contributed by atoms with Crippen LogP contribution in [0, 0.1) is 5.92 Å². The number of nitrogens with zero attached hydrogens (tertiary/aromatic N) is 5. The monoisotopic (exact) mass is 331 g/mol. The van der Waals surface area contributed by atoms with Gasteiger partial charge in [-0.3, -0.25) is 14.4 Å². The first-order valence-electron chi connectivity index (χ1n) is 8.19. The van der Waals surface area contributed by atoms with Gasteiger partial charge in [0.15, 0.2) is 0 Å². The summed E-state index contributed by atoms with van der Waals surface area (Å²) in [5, 5.41) is 4.11. The second-order valence-electron chi connectivity index (χ2n) is 6.49. The minimum Gasteiger partial charge on any atom is -0.472 e. The van der Waals surface area contributed by atoms with Crippen molar-refractivity contribution < 1.29 is 13.9 Å². The number of hydrogen-bond donors (Lipinski definition) is 0. The van der Waals surface area contributed by atoms with Crippen LogP contribution in [0.15, 0.2) is 29.3 Å². The van der Waals surface area contributed by atoms with Crippen molar-refractivity contribution in [1.82, 2.24) is 24.6 Å². The molecular formula is C16H21N5O3. The lowest BCUT2D eigenvalue weighted by atomic mass is 10.1. The maximum atomic E-state index is 12.5. The summed E-state index contributed by atoms with van der Waals surface area (Å²) in [5.74, 6) is 0.449. The molecule has 0 bridgehead atoms. The largest absolute Gasteiger partial charge is 0.472 e. The molecule has 0 aliphatic carbocycles. The van der Waals surface area contributed by atoms with Crippen LogP contribution in [0.3, 0.4) is 0 Å². The summed E-state index contributed by atoms with van der Waals surface area (Å²) in [4.78, 5) is 20.8. The predicted molar refractivity (Wildman–Crippen MR) is 84.1 cm³/mol. The van der Waals surface area contributed by atoms with Gasteiger partial charge in [0.25, 0.3) is 5.91 Å². The number of rotatable bonds is 3. The first-order chi connectivity index (χ1) is 11.7. The average molecular weight is 331 g/mol. The summed E-state index contributed by atoms with van der Waals surface area (Å²) in [5.41, 5.74) is 1.16. The first-order valence-corrected chi connectivity index (χ1v) is 8.19. The van der Waals surface area contributed by atoms with Crippen molar-refractivity contribution in [3.63, 3.8) is 0 Å². The minimum absolute atomic E-state index is 0.0898. The SMILES string of the molecule is Cn1cnc(C(=O)N2C[C@@H]3CN(Cc4ccoc4)CCO[C@@H]3C2)n1. The van der Waals surface area contributed by atoms with Crippen molar-refractivity contribution in [2.24, 2.45) is 13.0 Å². The first kappa shape index (κ1) is 15.3. The smallest absolute Gasteiger partial charge is 0.293 e. The maximum Gasteiger partial charge on any atom is 0.293 e. The van der Waals surface area contributed by atoms with Crippen LogP contribution in [0.25, 0.3) is 0 Å². The van der Waals surface area contributed by atoms with Gasteiger partial charge < -0.3 is 14.1 Å². The third kappa shape index (κ3) is 3.07. The molecule has 2 saturated heterocycles. The fourth-order valence-corrected chi connectivity index (χ4v) is 3.49. The summed E-state index contributed by atoms with van der Waals surface area (Å²) in [6.45, 7) is 4.63. The molecule has 8 nitrogen and oxygen atoms in total. The van der Waals surface area contributed by atoms with Crippen LogP contribution in [0.4, 0.5) is 0 Å². The van der Waals surface area contributed by atoms with E-state index in [0.29, 0.717) is 25.6 Å². The zero-order valence-electron chi connectivity index (χ0n) is 13.7. The molecule has 0 saturated carbocycles. The molecule has 2 aliphatic heterocycles. The number of fused-ring (bicyclic) bond motifs is 1. The van der Waals surface area contributed by atoms with Crippen molar-refractivity contribution in [2.75, 3.05) is 32.8 Å². The Bertz CT molecular complexity index is 698. The Hall–Kier alpha value is -2.19. The van der Waals surface area contributed by atoms with Gasteiger partial charge in [-0.05, 0) is 6.07 Å². The number of hydrogen-bond acceptors (Lipinski definition) is 6. The summed E-state index contributed by atoms with van der Waals surface area (Å²) in [7, 11) is 1.76. The van der Waals surface area contributed by atoms with E-state index in [1.165, 1.54) is 0 Å². The van der Waals surface area contributed by atoms with Crippen LogP contribution in [-0.2, 0) is 18.3 Å². The Morgan fingerprint density at radius 1 is 1.38 bits per heavy atom. The maximum absolute atomic E-state index is 12.5. The molecule has 1 amide bonds. The molecule has 2 aliphatic rings. The van der Waals surface area contributed by atoms with Crippen LogP contribution < -0.4 is 0 Å². The van der Waals surface area contributed by atoms with Gasteiger partial charge in [0.2, 0.25) is 5.82 Å². The molecule has 4 heterocycles. The quantitative estimate of drug-likeness (QED) is 0.809. The van der Waals surface area contributed by atoms with E-state index in [1.54, 1.807) is 30.6 Å². The fourth-order valence-electron chi connectivity index (χ4n) is 3.49. The number of carbonyl (C=O) groups excluding carboxylic acids is 1. The van der Waals surface area contributed by atoms with Gasteiger partial charge in [-0.25, -0.2) is 4.98 Å². The summed E-state index contributed by atoms with van der Waals surface area (Å²) >= 11 is 0. The zero-order chi connectivity index (χ0) is 16.5. The molecule has 2 fully saturated rings. The molecule has 8 heteroatoms. The van der Waals surface area contributed by atoms with Gasteiger partial charge in [0.05, 0.1) is 25.2 Å². The highest BCUT2D eigenvalue weighted by atomic mass is 16.5. The number of carbonyl (C=O) groups is 1. The van der Waals surface area contributed by atoms with E-state index >= 15 is 0 Å². The Labute approximate surface area is 140 Å². The number of aromatic nitrogens is 3. The van der Waals surface area contributed by atoms with Crippen molar-refractivity contribution in [3.05, 3.63) is 36.3 Å². The van der Waals surface area contributed by atoms with E-state index in [0.717, 1.165) is 25.2 Å². The highest BCUT2D eigenvalue weighted by Gasteiger charge is 2.39. The normalized spacial score (nSPS) is 24.8. The van der Waals surface area contributed by atoms with Gasteiger partial charge in [-0.1, -0.05) is 0 Å². The van der Waals surface area contributed by atoms with Crippen LogP contribution in [-0.4, -0.2) is 69.4 Å². The summed E-state index contributed by atoms with van der Waals surface area (Å²) < 4.78 is 12.7. The molecule has 0 unspecified atom stereocenters. The van der Waals surface area contributed by atoms with Crippen LogP contribution in [0.1, 0.15) is 16.2 Å².